The molecule has 3 aromatic rings. The molecule has 0 aliphatic carbocycles. The lowest BCUT2D eigenvalue weighted by molar-refractivity contribution is 0.623. The molecule has 21 heavy (non-hydrogen) atoms. The standard InChI is InChI=1S/C16H19N5/c1-13-19-11-15(21(13)14-6-4-3-5-7-14)10-17-12-16-18-8-9-20(16)2/h3-9,11,17H,10,12H2,1-2H3. The van der Waals surface area contributed by atoms with Gasteiger partial charge < -0.3 is 9.88 Å². The average Bonchev–Trinajstić information content (AvgIpc) is 3.07. The number of hydrogen-bond donors (Lipinski definition) is 1. The summed E-state index contributed by atoms with van der Waals surface area (Å²) in [4.78, 5) is 8.74. The highest BCUT2D eigenvalue weighted by Crippen LogP contribution is 2.14. The normalized spacial score (nSPS) is 11.0. The zero-order valence-electron chi connectivity index (χ0n) is 12.3. The van der Waals surface area contributed by atoms with Crippen LogP contribution >= 0.6 is 0 Å². The Morgan fingerprint density at radius 3 is 2.62 bits per heavy atom. The molecule has 0 saturated heterocycles. The molecule has 0 aliphatic heterocycles. The van der Waals surface area contributed by atoms with Crippen molar-refractivity contribution in [2.45, 2.75) is 20.0 Å². The van der Waals surface area contributed by atoms with E-state index in [1.165, 1.54) is 0 Å². The summed E-state index contributed by atoms with van der Waals surface area (Å²) in [6.45, 7) is 3.51. The van der Waals surface area contributed by atoms with E-state index in [4.69, 9.17) is 0 Å². The maximum atomic E-state index is 4.43. The number of aryl methyl sites for hydroxylation is 2. The molecule has 0 atom stereocenters. The number of hydrogen-bond acceptors (Lipinski definition) is 3. The number of nitrogens with zero attached hydrogens (tertiary/aromatic N) is 4. The van der Waals surface area contributed by atoms with Gasteiger partial charge in [0.2, 0.25) is 0 Å². The number of benzene rings is 1. The first-order chi connectivity index (χ1) is 10.3. The maximum absolute atomic E-state index is 4.43. The monoisotopic (exact) mass is 281 g/mol. The zero-order valence-corrected chi connectivity index (χ0v) is 12.3. The van der Waals surface area contributed by atoms with Gasteiger partial charge in [0.25, 0.3) is 0 Å². The molecular formula is C16H19N5. The molecular weight excluding hydrogens is 262 g/mol. The summed E-state index contributed by atoms with van der Waals surface area (Å²) in [6, 6.07) is 10.3. The molecule has 2 aromatic heterocycles. The van der Waals surface area contributed by atoms with Crippen molar-refractivity contribution in [2.75, 3.05) is 0 Å². The summed E-state index contributed by atoms with van der Waals surface area (Å²) >= 11 is 0. The largest absolute Gasteiger partial charge is 0.337 e. The Bertz CT molecular complexity index is 711. The highest BCUT2D eigenvalue weighted by Gasteiger charge is 2.08. The molecule has 0 bridgehead atoms. The molecule has 0 amide bonds. The van der Waals surface area contributed by atoms with Crippen molar-refractivity contribution in [3.63, 3.8) is 0 Å². The first-order valence-electron chi connectivity index (χ1n) is 7.01. The molecule has 5 nitrogen and oxygen atoms in total. The third-order valence-corrected chi connectivity index (χ3v) is 3.54. The van der Waals surface area contributed by atoms with Gasteiger partial charge in [-0.15, -0.1) is 0 Å². The third-order valence-electron chi connectivity index (χ3n) is 3.54. The second-order valence-corrected chi connectivity index (χ2v) is 5.03. The smallest absolute Gasteiger partial charge is 0.122 e. The Balaban J connectivity index is 1.73. The van der Waals surface area contributed by atoms with Crippen molar-refractivity contribution in [3.8, 4) is 5.69 Å². The van der Waals surface area contributed by atoms with Crippen LogP contribution in [0.25, 0.3) is 5.69 Å². The van der Waals surface area contributed by atoms with Crippen LogP contribution in [0.5, 0.6) is 0 Å². The van der Waals surface area contributed by atoms with Crippen LogP contribution in [-0.4, -0.2) is 19.1 Å². The highest BCUT2D eigenvalue weighted by molar-refractivity contribution is 5.35. The fraction of sp³-hybridized carbons (Fsp3) is 0.250. The fourth-order valence-corrected chi connectivity index (χ4v) is 2.41. The SMILES string of the molecule is Cc1ncc(CNCc2nccn2C)n1-c1ccccc1. The van der Waals surface area contributed by atoms with Gasteiger partial charge in [-0.05, 0) is 19.1 Å². The lowest BCUT2D eigenvalue weighted by atomic mass is 10.3. The van der Waals surface area contributed by atoms with Crippen LogP contribution in [0.4, 0.5) is 0 Å². The van der Waals surface area contributed by atoms with Crippen LogP contribution in [-0.2, 0) is 20.1 Å². The molecule has 1 N–H and O–H groups in total. The summed E-state index contributed by atoms with van der Waals surface area (Å²) in [5, 5.41) is 3.42. The van der Waals surface area contributed by atoms with Gasteiger partial charge in [-0.1, -0.05) is 18.2 Å². The molecule has 0 spiro atoms. The van der Waals surface area contributed by atoms with Gasteiger partial charge in [0.05, 0.1) is 18.4 Å². The number of imidazole rings is 2. The predicted molar refractivity (Wildman–Crippen MR) is 82.1 cm³/mol. The average molecular weight is 281 g/mol. The minimum absolute atomic E-state index is 0.739. The second-order valence-electron chi connectivity index (χ2n) is 5.03. The molecule has 0 unspecified atom stereocenters. The fourth-order valence-electron chi connectivity index (χ4n) is 2.41. The van der Waals surface area contributed by atoms with Crippen molar-refractivity contribution in [1.29, 1.82) is 0 Å². The van der Waals surface area contributed by atoms with Crippen LogP contribution in [0.1, 0.15) is 17.3 Å². The third kappa shape index (κ3) is 2.87. The molecule has 0 fully saturated rings. The quantitative estimate of drug-likeness (QED) is 0.780. The molecule has 2 heterocycles. The Labute approximate surface area is 124 Å². The van der Waals surface area contributed by atoms with Crippen molar-refractivity contribution in [3.05, 3.63) is 66.3 Å². The summed E-state index contributed by atoms with van der Waals surface area (Å²) < 4.78 is 4.19. The zero-order chi connectivity index (χ0) is 14.7. The number of para-hydroxylation sites is 1. The summed E-state index contributed by atoms with van der Waals surface area (Å²) in [7, 11) is 2.00. The van der Waals surface area contributed by atoms with E-state index in [0.717, 1.165) is 36.1 Å². The number of nitrogens with one attached hydrogen (secondary N) is 1. The van der Waals surface area contributed by atoms with Crippen molar-refractivity contribution < 1.29 is 0 Å². The molecule has 0 aliphatic rings. The highest BCUT2D eigenvalue weighted by atomic mass is 15.1. The number of aromatic nitrogens is 4. The van der Waals surface area contributed by atoms with Crippen molar-refractivity contribution >= 4 is 0 Å². The minimum Gasteiger partial charge on any atom is -0.337 e. The summed E-state index contributed by atoms with van der Waals surface area (Å²) in [5.74, 6) is 2.02. The summed E-state index contributed by atoms with van der Waals surface area (Å²) in [5.41, 5.74) is 2.29. The first-order valence-corrected chi connectivity index (χ1v) is 7.01. The minimum atomic E-state index is 0.739. The van der Waals surface area contributed by atoms with Gasteiger partial charge in [-0.25, -0.2) is 9.97 Å². The Hall–Kier alpha value is -2.40. The van der Waals surface area contributed by atoms with Gasteiger partial charge in [0, 0.05) is 31.7 Å². The first kappa shape index (κ1) is 13.6. The van der Waals surface area contributed by atoms with E-state index in [-0.39, 0.29) is 0 Å². The van der Waals surface area contributed by atoms with Crippen LogP contribution in [0.3, 0.4) is 0 Å². The van der Waals surface area contributed by atoms with Crippen LogP contribution in [0.15, 0.2) is 48.9 Å². The van der Waals surface area contributed by atoms with Crippen LogP contribution in [0.2, 0.25) is 0 Å². The van der Waals surface area contributed by atoms with E-state index in [2.05, 4.69) is 32.0 Å². The Morgan fingerprint density at radius 2 is 1.90 bits per heavy atom. The second kappa shape index (κ2) is 5.93. The predicted octanol–water partition coefficient (Wildman–Crippen LogP) is 2.20. The van der Waals surface area contributed by atoms with Crippen molar-refractivity contribution in [1.82, 2.24) is 24.4 Å². The molecule has 5 heteroatoms. The Kier molecular flexibility index (Phi) is 3.83. The van der Waals surface area contributed by atoms with E-state index in [1.807, 2.05) is 55.3 Å². The number of rotatable bonds is 5. The van der Waals surface area contributed by atoms with Crippen LogP contribution in [0, 0.1) is 6.92 Å². The van der Waals surface area contributed by atoms with Gasteiger partial charge in [-0.2, -0.15) is 0 Å². The van der Waals surface area contributed by atoms with E-state index in [9.17, 15) is 0 Å². The Morgan fingerprint density at radius 1 is 1.10 bits per heavy atom. The van der Waals surface area contributed by atoms with Crippen molar-refractivity contribution in [2.24, 2.45) is 7.05 Å². The van der Waals surface area contributed by atoms with Gasteiger partial charge in [0.1, 0.15) is 11.6 Å². The lowest BCUT2D eigenvalue weighted by Gasteiger charge is -2.11. The molecule has 108 valence electrons. The lowest BCUT2D eigenvalue weighted by Crippen LogP contribution is -2.18. The van der Waals surface area contributed by atoms with Gasteiger partial charge in [-0.3, -0.25) is 4.57 Å². The molecule has 3 rings (SSSR count). The molecule has 0 radical (unpaired) electrons. The summed E-state index contributed by atoms with van der Waals surface area (Å²) in [6.07, 6.45) is 5.69. The topological polar surface area (TPSA) is 47.7 Å². The van der Waals surface area contributed by atoms with E-state index >= 15 is 0 Å². The van der Waals surface area contributed by atoms with Gasteiger partial charge in [0.15, 0.2) is 0 Å². The van der Waals surface area contributed by atoms with Crippen LogP contribution < -0.4 is 5.32 Å². The van der Waals surface area contributed by atoms with E-state index < -0.39 is 0 Å². The van der Waals surface area contributed by atoms with E-state index in [1.54, 1.807) is 0 Å². The molecule has 0 saturated carbocycles. The molecule has 1 aromatic carbocycles. The maximum Gasteiger partial charge on any atom is 0.122 e. The van der Waals surface area contributed by atoms with E-state index in [0.29, 0.717) is 0 Å². The van der Waals surface area contributed by atoms with Gasteiger partial charge >= 0.3 is 0 Å².